The van der Waals surface area contributed by atoms with Crippen LogP contribution in [0, 0.1) is 5.92 Å². The van der Waals surface area contributed by atoms with Gasteiger partial charge in [-0.25, -0.2) is 29.1 Å². The summed E-state index contributed by atoms with van der Waals surface area (Å²) in [5.41, 5.74) is 11.2. The maximum absolute atomic E-state index is 13.8. The number of aromatic amines is 1. The van der Waals surface area contributed by atoms with Crippen molar-refractivity contribution in [1.82, 2.24) is 39.0 Å². The summed E-state index contributed by atoms with van der Waals surface area (Å²) in [5.74, 6) is -1.59. The lowest BCUT2D eigenvalue weighted by atomic mass is 9.95. The van der Waals surface area contributed by atoms with Crippen LogP contribution in [0.25, 0.3) is 22.3 Å². The molecule has 0 aliphatic carbocycles. The van der Waals surface area contributed by atoms with E-state index >= 15 is 0 Å². The lowest BCUT2D eigenvalue weighted by Gasteiger charge is -2.27. The number of hydrogen-bond donors (Lipinski definition) is 7. The first-order valence-electron chi connectivity index (χ1n) is 16.6. The molecule has 11 atom stereocenters. The minimum atomic E-state index is -5.09. The maximum atomic E-state index is 13.8. The fourth-order valence-corrected chi connectivity index (χ4v) is 10.9. The molecule has 55 heavy (non-hydrogen) atoms. The SMILES string of the molecule is CC(CCC(=O)O)SSCCC1[C@H]2OP(=O)(O)OC[C@H]3O[C@@H](n4cnc5c(N)ncnc54)[C@H](O)[C@@H]3OP(=O)(O)OC[C@H]1O[C@H]2n1cnc2c(=O)[nH]c(N)nc21. The fraction of sp³-hybridized carbons (Fsp3) is 0.593. The van der Waals surface area contributed by atoms with Crippen molar-refractivity contribution in [3.8, 4) is 0 Å². The highest BCUT2D eigenvalue weighted by molar-refractivity contribution is 8.76. The minimum Gasteiger partial charge on any atom is -0.481 e. The largest absolute Gasteiger partial charge is 0.481 e. The molecule has 4 unspecified atom stereocenters. The standard InChI is InChI=1S/C27H36N10O14P2S2/c1-11(2-3-15(38)39)55-54-5-4-12-13-6-46-53(44,45)51-20-14(49-25(18(20)40)36-9-32-16-21(28)30-8-31-22(16)36)7-47-52(42,43)50-19(12)26(48-13)37-10-33-17-23(37)34-27(29)35-24(17)41/h8-14,18-20,25-26,40H,2-7H2,1H3,(H,38,39)(H,42,43)(H,44,45)(H2,28,30,31)(H3,29,34,35,41)/t11?,12?,13-,14-,18-,19-,20-,25-,26-/m1/s1. The lowest BCUT2D eigenvalue weighted by Crippen LogP contribution is -2.36. The Morgan fingerprint density at radius 3 is 2.36 bits per heavy atom. The Labute approximate surface area is 317 Å². The summed E-state index contributed by atoms with van der Waals surface area (Å²) in [6.07, 6.45) is -5.78. The number of anilines is 2. The number of nitrogens with two attached hydrogens (primary N) is 2. The number of aliphatic hydroxyl groups is 1. The molecule has 2 bridgehead atoms. The Morgan fingerprint density at radius 1 is 0.982 bits per heavy atom. The molecule has 3 fully saturated rings. The van der Waals surface area contributed by atoms with Crippen LogP contribution in [0.5, 0.6) is 0 Å². The second-order valence-electron chi connectivity index (χ2n) is 12.8. The van der Waals surface area contributed by atoms with Crippen LogP contribution < -0.4 is 17.0 Å². The van der Waals surface area contributed by atoms with Crippen LogP contribution in [0.4, 0.5) is 11.8 Å². The van der Waals surface area contributed by atoms with Gasteiger partial charge in [0.15, 0.2) is 35.1 Å². The van der Waals surface area contributed by atoms with Gasteiger partial charge >= 0.3 is 21.6 Å². The third kappa shape index (κ3) is 8.56. The number of fused-ring (bicyclic) bond motifs is 5. The number of hydrogen-bond acceptors (Lipinski definition) is 20. The number of phosphoric ester groups is 2. The monoisotopic (exact) mass is 850 g/mol. The molecule has 3 saturated heterocycles. The van der Waals surface area contributed by atoms with Gasteiger partial charge in [0.05, 0.1) is 32.0 Å². The molecular weight excluding hydrogens is 814 g/mol. The highest BCUT2D eigenvalue weighted by Gasteiger charge is 2.54. The van der Waals surface area contributed by atoms with Gasteiger partial charge in [0.1, 0.15) is 36.3 Å². The molecule has 4 aromatic rings. The van der Waals surface area contributed by atoms with Crippen LogP contribution in [0.3, 0.4) is 0 Å². The molecule has 300 valence electrons. The van der Waals surface area contributed by atoms with Crippen molar-refractivity contribution in [2.24, 2.45) is 5.92 Å². The molecule has 4 aromatic heterocycles. The summed E-state index contributed by atoms with van der Waals surface area (Å²) in [6.45, 7) is 0.452. The van der Waals surface area contributed by atoms with Gasteiger partial charge in [-0.3, -0.25) is 41.8 Å². The molecule has 24 nitrogen and oxygen atoms in total. The first-order chi connectivity index (χ1) is 26.1. The molecule has 28 heteroatoms. The molecule has 9 N–H and O–H groups in total. The summed E-state index contributed by atoms with van der Waals surface area (Å²) in [7, 11) is -7.32. The maximum Gasteiger partial charge on any atom is 0.472 e. The van der Waals surface area contributed by atoms with E-state index in [-0.39, 0.29) is 52.2 Å². The molecular formula is C27H36N10O14P2S2. The average molecular weight is 851 g/mol. The zero-order valence-corrected chi connectivity index (χ0v) is 32.0. The molecule has 0 saturated carbocycles. The highest BCUT2D eigenvalue weighted by atomic mass is 33.1. The molecule has 7 rings (SSSR count). The molecule has 0 amide bonds. The molecule has 0 aromatic carbocycles. The number of aliphatic carboxylic acids is 1. The van der Waals surface area contributed by atoms with Gasteiger partial charge in [0.25, 0.3) is 5.56 Å². The van der Waals surface area contributed by atoms with E-state index in [1.807, 2.05) is 6.92 Å². The van der Waals surface area contributed by atoms with Crippen molar-refractivity contribution >= 4 is 77.3 Å². The van der Waals surface area contributed by atoms with E-state index in [2.05, 4.69) is 29.9 Å². The lowest BCUT2D eigenvalue weighted by molar-refractivity contribution is -0.137. The van der Waals surface area contributed by atoms with Gasteiger partial charge in [-0.15, -0.1) is 0 Å². The number of aromatic nitrogens is 8. The van der Waals surface area contributed by atoms with Crippen LogP contribution in [0.2, 0.25) is 0 Å². The number of H-pyrrole nitrogens is 1. The average Bonchev–Trinajstić information content (AvgIpc) is 3.88. The Morgan fingerprint density at radius 2 is 1.64 bits per heavy atom. The fourth-order valence-electron chi connectivity index (χ4n) is 6.47. The van der Waals surface area contributed by atoms with Gasteiger partial charge in [-0.1, -0.05) is 28.5 Å². The Bertz CT molecular complexity index is 2210. The third-order valence-corrected chi connectivity index (χ3v) is 14.0. The number of nitrogens with zero attached hydrogens (tertiary/aromatic N) is 7. The van der Waals surface area contributed by atoms with Crippen molar-refractivity contribution in [3.05, 3.63) is 29.3 Å². The van der Waals surface area contributed by atoms with Crippen molar-refractivity contribution in [2.45, 2.75) is 74.4 Å². The number of nitrogen functional groups attached to an aromatic ring is 2. The van der Waals surface area contributed by atoms with Gasteiger partial charge in [-0.05, 0) is 12.8 Å². The third-order valence-electron chi connectivity index (χ3n) is 9.04. The number of carboxylic acid groups (broad SMARTS) is 1. The molecule has 0 spiro atoms. The second kappa shape index (κ2) is 16.0. The van der Waals surface area contributed by atoms with E-state index in [4.69, 9.17) is 44.1 Å². The Kier molecular flexibility index (Phi) is 11.6. The summed E-state index contributed by atoms with van der Waals surface area (Å²) in [6, 6.07) is 0. The van der Waals surface area contributed by atoms with E-state index in [0.717, 1.165) is 6.33 Å². The Balaban J connectivity index is 1.18. The zero-order valence-electron chi connectivity index (χ0n) is 28.5. The van der Waals surface area contributed by atoms with Crippen molar-refractivity contribution in [1.29, 1.82) is 0 Å². The predicted octanol–water partition coefficient (Wildman–Crippen LogP) is 0.939. The number of phosphoric acid groups is 2. The number of rotatable bonds is 10. The number of nitrogens with one attached hydrogen (secondary N) is 1. The van der Waals surface area contributed by atoms with Crippen LogP contribution in [-0.4, -0.2) is 120 Å². The van der Waals surface area contributed by atoms with Crippen LogP contribution in [-0.2, 0) is 41.5 Å². The number of carbonyl (C=O) groups is 1. The van der Waals surface area contributed by atoms with Gasteiger partial charge in [0.2, 0.25) is 5.95 Å². The van der Waals surface area contributed by atoms with E-state index in [0.29, 0.717) is 12.2 Å². The van der Waals surface area contributed by atoms with Crippen LogP contribution in [0.15, 0.2) is 23.8 Å². The quantitative estimate of drug-likeness (QED) is 0.0663. The second-order valence-corrected chi connectivity index (χ2v) is 18.5. The number of ether oxygens (including phenoxy) is 2. The zero-order chi connectivity index (χ0) is 39.2. The molecule has 3 aliphatic rings. The summed E-state index contributed by atoms with van der Waals surface area (Å²) in [4.78, 5) is 68.5. The normalized spacial score (nSPS) is 33.5. The summed E-state index contributed by atoms with van der Waals surface area (Å²) in [5, 5.41) is 20.4. The van der Waals surface area contributed by atoms with Crippen LogP contribution >= 0.6 is 37.2 Å². The molecule has 0 radical (unpaired) electrons. The van der Waals surface area contributed by atoms with Gasteiger partial charge in [0, 0.05) is 23.3 Å². The summed E-state index contributed by atoms with van der Waals surface area (Å²) < 4.78 is 64.3. The number of aliphatic hydroxyl groups excluding tert-OH is 1. The van der Waals surface area contributed by atoms with Crippen molar-refractivity contribution in [3.63, 3.8) is 0 Å². The smallest absolute Gasteiger partial charge is 0.472 e. The van der Waals surface area contributed by atoms with Gasteiger partial charge < -0.3 is 40.9 Å². The highest BCUT2D eigenvalue weighted by Crippen LogP contribution is 2.55. The first kappa shape index (κ1) is 40.0. The predicted molar refractivity (Wildman–Crippen MR) is 192 cm³/mol. The van der Waals surface area contributed by atoms with E-state index < -0.39 is 89.3 Å². The Hall–Kier alpha value is -3.23. The van der Waals surface area contributed by atoms with Crippen molar-refractivity contribution in [2.75, 3.05) is 30.4 Å². The molecule has 7 heterocycles. The van der Waals surface area contributed by atoms with E-state index in [1.165, 1.54) is 43.4 Å². The first-order valence-corrected chi connectivity index (χ1v) is 21.9. The topological polar surface area (TPSA) is 347 Å². The summed E-state index contributed by atoms with van der Waals surface area (Å²) >= 11 is 0. The van der Waals surface area contributed by atoms with Crippen molar-refractivity contribution < 1.29 is 61.5 Å². The van der Waals surface area contributed by atoms with Crippen LogP contribution in [0.1, 0.15) is 38.6 Å². The van der Waals surface area contributed by atoms with Gasteiger partial charge in [-0.2, -0.15) is 4.98 Å². The van der Waals surface area contributed by atoms with E-state index in [1.54, 1.807) is 0 Å². The minimum absolute atomic E-state index is 0.00747. The van der Waals surface area contributed by atoms with E-state index in [9.17, 15) is 33.6 Å². The number of imidazole rings is 2. The number of carboxylic acids is 1. The molecule has 3 aliphatic heterocycles.